The first-order valence-electron chi connectivity index (χ1n) is 7.17. The molecule has 23 heavy (non-hydrogen) atoms. The van der Waals surface area contributed by atoms with Crippen LogP contribution in [-0.4, -0.2) is 59.8 Å². The number of ether oxygens (including phenoxy) is 2. The molecule has 1 aromatic heterocycles. The van der Waals surface area contributed by atoms with Crippen molar-refractivity contribution in [1.82, 2.24) is 9.88 Å². The molecule has 120 valence electrons. The van der Waals surface area contributed by atoms with Crippen molar-refractivity contribution in [3.8, 4) is 5.75 Å². The highest BCUT2D eigenvalue weighted by molar-refractivity contribution is 5.95. The molecule has 7 heteroatoms. The van der Waals surface area contributed by atoms with Crippen molar-refractivity contribution in [3.63, 3.8) is 0 Å². The molecule has 2 heterocycles. The van der Waals surface area contributed by atoms with Crippen LogP contribution in [0.25, 0.3) is 10.9 Å². The van der Waals surface area contributed by atoms with Crippen molar-refractivity contribution in [2.75, 3.05) is 26.8 Å². The molecule has 3 rings (SSSR count). The summed E-state index contributed by atoms with van der Waals surface area (Å²) in [4.78, 5) is 29.3. The van der Waals surface area contributed by atoms with E-state index in [1.807, 2.05) is 6.07 Å². The number of rotatable bonds is 3. The summed E-state index contributed by atoms with van der Waals surface area (Å²) in [5.41, 5.74) is 0.966. The Morgan fingerprint density at radius 1 is 1.35 bits per heavy atom. The molecule has 0 radical (unpaired) electrons. The van der Waals surface area contributed by atoms with Gasteiger partial charge in [0, 0.05) is 11.9 Å². The number of carbonyl (C=O) groups excluding carboxylic acids is 1. The van der Waals surface area contributed by atoms with E-state index in [9.17, 15) is 9.59 Å². The molecule has 0 bridgehead atoms. The van der Waals surface area contributed by atoms with Crippen LogP contribution in [0.15, 0.2) is 30.3 Å². The summed E-state index contributed by atoms with van der Waals surface area (Å²) in [6, 6.07) is 8.83. The van der Waals surface area contributed by atoms with Crippen molar-refractivity contribution >= 4 is 22.8 Å². The predicted molar refractivity (Wildman–Crippen MR) is 81.6 cm³/mol. The van der Waals surface area contributed by atoms with Crippen LogP contribution in [0.4, 0.5) is 0 Å². The minimum atomic E-state index is -1.07. The molecule has 1 aliphatic rings. The molecule has 1 saturated heterocycles. The first kappa shape index (κ1) is 15.2. The number of hydrogen-bond donors (Lipinski definition) is 1. The Kier molecular flexibility index (Phi) is 4.12. The number of aromatic nitrogens is 1. The molecule has 1 atom stereocenters. The maximum atomic E-state index is 12.5. The molecule has 0 saturated carbocycles. The largest absolute Gasteiger partial charge is 0.497 e. The Morgan fingerprint density at radius 3 is 2.91 bits per heavy atom. The van der Waals surface area contributed by atoms with Gasteiger partial charge >= 0.3 is 5.97 Å². The van der Waals surface area contributed by atoms with Crippen LogP contribution in [0.1, 0.15) is 10.5 Å². The van der Waals surface area contributed by atoms with Gasteiger partial charge in [-0.25, -0.2) is 9.78 Å². The Morgan fingerprint density at radius 2 is 2.17 bits per heavy atom. The van der Waals surface area contributed by atoms with Gasteiger partial charge in [0.2, 0.25) is 0 Å². The Balaban J connectivity index is 1.84. The minimum Gasteiger partial charge on any atom is -0.497 e. The first-order valence-corrected chi connectivity index (χ1v) is 7.17. The van der Waals surface area contributed by atoms with E-state index in [1.165, 1.54) is 4.90 Å². The molecule has 1 amide bonds. The second kappa shape index (κ2) is 6.21. The van der Waals surface area contributed by atoms with Crippen LogP contribution in [0.3, 0.4) is 0 Å². The van der Waals surface area contributed by atoms with Gasteiger partial charge in [0.25, 0.3) is 5.91 Å². The number of nitrogens with zero attached hydrogens (tertiary/aromatic N) is 2. The average molecular weight is 316 g/mol. The van der Waals surface area contributed by atoms with Gasteiger partial charge in [0.15, 0.2) is 6.10 Å². The molecule has 7 nitrogen and oxygen atoms in total. The number of amides is 1. The normalized spacial score (nSPS) is 18.0. The quantitative estimate of drug-likeness (QED) is 0.914. The molecule has 1 unspecified atom stereocenters. The smallest absolute Gasteiger partial charge is 0.334 e. The Hall–Kier alpha value is -2.67. The second-order valence-electron chi connectivity index (χ2n) is 5.20. The number of hydrogen-bond acceptors (Lipinski definition) is 5. The standard InChI is InChI=1S/C16H16N2O5/c1-22-11-3-5-12-10(8-11)2-4-13(17-12)15(19)18-6-7-23-14(9-18)16(20)21/h2-5,8,14H,6-7,9H2,1H3,(H,20,21). The van der Waals surface area contributed by atoms with E-state index in [0.29, 0.717) is 12.1 Å². The minimum absolute atomic E-state index is 0.0243. The number of methoxy groups -OCH3 is 1. The van der Waals surface area contributed by atoms with E-state index in [0.717, 1.165) is 11.1 Å². The lowest BCUT2D eigenvalue weighted by Crippen LogP contribution is -2.48. The fourth-order valence-corrected chi connectivity index (χ4v) is 2.49. The lowest BCUT2D eigenvalue weighted by atomic mass is 10.1. The third-order valence-corrected chi connectivity index (χ3v) is 3.74. The molecule has 1 aromatic carbocycles. The number of carboxylic acids is 1. The number of fused-ring (bicyclic) bond motifs is 1. The molecule has 2 aromatic rings. The monoisotopic (exact) mass is 316 g/mol. The van der Waals surface area contributed by atoms with Crippen molar-refractivity contribution in [2.24, 2.45) is 0 Å². The lowest BCUT2D eigenvalue weighted by Gasteiger charge is -2.30. The summed E-state index contributed by atoms with van der Waals surface area (Å²) in [5, 5.41) is 9.88. The Bertz CT molecular complexity index is 761. The molecule has 1 fully saturated rings. The highest BCUT2D eigenvalue weighted by atomic mass is 16.5. The first-order chi connectivity index (χ1) is 11.1. The topological polar surface area (TPSA) is 89.0 Å². The van der Waals surface area contributed by atoms with Crippen molar-refractivity contribution in [2.45, 2.75) is 6.10 Å². The lowest BCUT2D eigenvalue weighted by molar-refractivity contribution is -0.154. The van der Waals surface area contributed by atoms with Gasteiger partial charge in [-0.05, 0) is 24.3 Å². The number of morpholine rings is 1. The zero-order chi connectivity index (χ0) is 16.4. The van der Waals surface area contributed by atoms with E-state index in [2.05, 4.69) is 4.98 Å². The van der Waals surface area contributed by atoms with E-state index in [4.69, 9.17) is 14.6 Å². The Labute approximate surface area is 132 Å². The zero-order valence-corrected chi connectivity index (χ0v) is 12.6. The van der Waals surface area contributed by atoms with Crippen LogP contribution in [0.5, 0.6) is 5.75 Å². The van der Waals surface area contributed by atoms with Crippen molar-refractivity contribution in [1.29, 1.82) is 0 Å². The third kappa shape index (κ3) is 3.09. The summed E-state index contributed by atoms with van der Waals surface area (Å²) in [6.07, 6.45) is -0.989. The molecular formula is C16H16N2O5. The highest BCUT2D eigenvalue weighted by Crippen LogP contribution is 2.20. The zero-order valence-electron chi connectivity index (χ0n) is 12.6. The molecule has 0 aliphatic carbocycles. The SMILES string of the molecule is COc1ccc2nc(C(=O)N3CCOC(C(=O)O)C3)ccc2c1. The van der Waals surface area contributed by atoms with Crippen LogP contribution in [0.2, 0.25) is 0 Å². The van der Waals surface area contributed by atoms with Crippen LogP contribution in [0, 0.1) is 0 Å². The third-order valence-electron chi connectivity index (χ3n) is 3.74. The van der Waals surface area contributed by atoms with Crippen molar-refractivity contribution < 1.29 is 24.2 Å². The summed E-state index contributed by atoms with van der Waals surface area (Å²) < 4.78 is 10.3. The fourth-order valence-electron chi connectivity index (χ4n) is 2.49. The highest BCUT2D eigenvalue weighted by Gasteiger charge is 2.29. The van der Waals surface area contributed by atoms with Gasteiger partial charge < -0.3 is 19.5 Å². The number of carbonyl (C=O) groups is 2. The maximum Gasteiger partial charge on any atom is 0.334 e. The maximum absolute atomic E-state index is 12.5. The van der Waals surface area contributed by atoms with E-state index in [1.54, 1.807) is 31.4 Å². The van der Waals surface area contributed by atoms with Gasteiger partial charge in [-0.2, -0.15) is 0 Å². The van der Waals surface area contributed by atoms with Crippen molar-refractivity contribution in [3.05, 3.63) is 36.0 Å². The molecular weight excluding hydrogens is 300 g/mol. The van der Waals surface area contributed by atoms with E-state index >= 15 is 0 Å². The van der Waals surface area contributed by atoms with Gasteiger partial charge in [0.1, 0.15) is 11.4 Å². The van der Waals surface area contributed by atoms with E-state index < -0.39 is 12.1 Å². The second-order valence-corrected chi connectivity index (χ2v) is 5.20. The summed E-state index contributed by atoms with van der Waals surface area (Å²) in [7, 11) is 1.59. The summed E-state index contributed by atoms with van der Waals surface area (Å²) >= 11 is 0. The summed E-state index contributed by atoms with van der Waals surface area (Å²) in [6.45, 7) is 0.578. The fraction of sp³-hybridized carbons (Fsp3) is 0.312. The van der Waals surface area contributed by atoms with E-state index in [-0.39, 0.29) is 24.8 Å². The number of aliphatic carboxylic acids is 1. The van der Waals surface area contributed by atoms with Gasteiger partial charge in [-0.3, -0.25) is 4.79 Å². The van der Waals surface area contributed by atoms with Gasteiger partial charge in [-0.15, -0.1) is 0 Å². The van der Waals surface area contributed by atoms with Crippen LogP contribution < -0.4 is 4.74 Å². The van der Waals surface area contributed by atoms with Gasteiger partial charge in [0.05, 0.1) is 25.8 Å². The number of pyridine rings is 1. The number of benzene rings is 1. The number of carboxylic acid groups (broad SMARTS) is 1. The summed E-state index contributed by atoms with van der Waals surface area (Å²) in [5.74, 6) is -0.644. The van der Waals surface area contributed by atoms with Crippen LogP contribution >= 0.6 is 0 Å². The van der Waals surface area contributed by atoms with Gasteiger partial charge in [-0.1, -0.05) is 6.07 Å². The average Bonchev–Trinajstić information content (AvgIpc) is 2.60. The molecule has 0 spiro atoms. The molecule has 1 N–H and O–H groups in total. The molecule has 1 aliphatic heterocycles. The van der Waals surface area contributed by atoms with Crippen LogP contribution in [-0.2, 0) is 9.53 Å². The predicted octanol–water partition coefficient (Wildman–Crippen LogP) is 1.17.